The van der Waals surface area contributed by atoms with Crippen LogP contribution >= 0.6 is 0 Å². The molecule has 2 rings (SSSR count). The molecule has 1 heterocycles. The van der Waals surface area contributed by atoms with Gasteiger partial charge in [-0.1, -0.05) is 0 Å². The van der Waals surface area contributed by atoms with Crippen LogP contribution in [0.2, 0.25) is 0 Å². The first kappa shape index (κ1) is 15.9. The maximum Gasteiger partial charge on any atom is 0.319 e. The van der Waals surface area contributed by atoms with E-state index in [-0.39, 0.29) is 13.2 Å². The Morgan fingerprint density at radius 2 is 1.91 bits per heavy atom. The number of carboxylic acid groups (broad SMARTS) is 1. The van der Waals surface area contributed by atoms with Crippen LogP contribution in [0.3, 0.4) is 0 Å². The Bertz CT molecular complexity index is 598. The number of aryl methyl sites for hydroxylation is 1. The molecule has 0 aromatic heterocycles. The fourth-order valence-electron chi connectivity index (χ4n) is 2.12. The van der Waals surface area contributed by atoms with Crippen LogP contribution in [0.5, 0.6) is 11.5 Å². The summed E-state index contributed by atoms with van der Waals surface area (Å²) in [7, 11) is 0. The lowest BCUT2D eigenvalue weighted by Gasteiger charge is -2.26. The van der Waals surface area contributed by atoms with E-state index in [1.807, 2.05) is 6.92 Å². The van der Waals surface area contributed by atoms with E-state index in [1.165, 1.54) is 0 Å². The smallest absolute Gasteiger partial charge is 0.319 e. The maximum absolute atomic E-state index is 12.1. The van der Waals surface area contributed by atoms with Gasteiger partial charge in [0.25, 0.3) is 0 Å². The van der Waals surface area contributed by atoms with E-state index in [0.717, 1.165) is 5.56 Å². The summed E-state index contributed by atoms with van der Waals surface area (Å²) in [6.45, 7) is 5.59. The number of carbonyl (C=O) groups excluding carboxylic acids is 1. The zero-order valence-corrected chi connectivity index (χ0v) is 12.9. The Morgan fingerprint density at radius 1 is 1.27 bits per heavy atom. The number of aliphatic carboxylic acids is 1. The maximum atomic E-state index is 12.1. The van der Waals surface area contributed by atoms with Gasteiger partial charge in [-0.3, -0.25) is 4.79 Å². The van der Waals surface area contributed by atoms with Gasteiger partial charge in [-0.15, -0.1) is 0 Å². The first-order valence-electron chi connectivity index (χ1n) is 6.98. The molecule has 3 N–H and O–H groups in total. The molecule has 0 aliphatic carbocycles. The topological polar surface area (TPSA) is 96.9 Å². The Morgan fingerprint density at radius 3 is 2.55 bits per heavy atom. The van der Waals surface area contributed by atoms with Gasteiger partial charge >= 0.3 is 12.0 Å². The second-order valence-electron chi connectivity index (χ2n) is 5.88. The first-order chi connectivity index (χ1) is 10.3. The lowest BCUT2D eigenvalue weighted by molar-refractivity contribution is -0.137. The molecule has 0 unspecified atom stereocenters. The van der Waals surface area contributed by atoms with Crippen LogP contribution in [-0.2, 0) is 4.79 Å². The predicted molar refractivity (Wildman–Crippen MR) is 80.4 cm³/mol. The van der Waals surface area contributed by atoms with E-state index in [2.05, 4.69) is 10.6 Å². The van der Waals surface area contributed by atoms with Crippen molar-refractivity contribution < 1.29 is 24.2 Å². The summed E-state index contributed by atoms with van der Waals surface area (Å²) in [6, 6.07) is 3.12. The Labute approximate surface area is 128 Å². The number of amides is 2. The fourth-order valence-corrected chi connectivity index (χ4v) is 2.12. The minimum absolute atomic E-state index is 0.00364. The van der Waals surface area contributed by atoms with Gasteiger partial charge in [-0.05, 0) is 38.8 Å². The van der Waals surface area contributed by atoms with E-state index in [4.69, 9.17) is 14.6 Å². The van der Waals surface area contributed by atoms with Crippen molar-refractivity contribution in [3.63, 3.8) is 0 Å². The molecule has 0 saturated heterocycles. The van der Waals surface area contributed by atoms with Gasteiger partial charge in [0.1, 0.15) is 0 Å². The van der Waals surface area contributed by atoms with Gasteiger partial charge in [0.05, 0.1) is 0 Å². The normalized spacial score (nSPS) is 12.9. The van der Waals surface area contributed by atoms with E-state index in [9.17, 15) is 9.59 Å². The van der Waals surface area contributed by atoms with Gasteiger partial charge in [-0.25, -0.2) is 4.79 Å². The summed E-state index contributed by atoms with van der Waals surface area (Å²) in [5.41, 5.74) is 0.853. The molecule has 1 aliphatic heterocycles. The largest absolute Gasteiger partial charge is 0.481 e. The minimum atomic E-state index is -0.887. The third-order valence-electron chi connectivity index (χ3n) is 3.38. The van der Waals surface area contributed by atoms with Crippen LogP contribution in [0.1, 0.15) is 32.3 Å². The van der Waals surface area contributed by atoms with Crippen molar-refractivity contribution in [1.82, 2.24) is 5.32 Å². The number of urea groups is 1. The molecule has 0 radical (unpaired) electrons. The zero-order valence-electron chi connectivity index (χ0n) is 12.9. The molecule has 1 aliphatic rings. The van der Waals surface area contributed by atoms with Crippen molar-refractivity contribution in [2.75, 3.05) is 12.1 Å². The molecule has 120 valence electrons. The number of ether oxygens (including phenoxy) is 2. The van der Waals surface area contributed by atoms with Crippen molar-refractivity contribution in [1.29, 1.82) is 0 Å². The van der Waals surface area contributed by atoms with Gasteiger partial charge in [0, 0.05) is 23.7 Å². The molecular weight excluding hydrogens is 288 g/mol. The number of nitrogens with one attached hydrogen (secondary N) is 2. The highest BCUT2D eigenvalue weighted by atomic mass is 16.7. The van der Waals surface area contributed by atoms with Crippen molar-refractivity contribution in [3.8, 4) is 11.5 Å². The number of carbonyl (C=O) groups is 2. The lowest BCUT2D eigenvalue weighted by Crippen LogP contribution is -2.45. The lowest BCUT2D eigenvalue weighted by atomic mass is 9.99. The molecule has 1 aromatic rings. The highest BCUT2D eigenvalue weighted by Gasteiger charge is 2.22. The monoisotopic (exact) mass is 308 g/mol. The van der Waals surface area contributed by atoms with E-state index < -0.39 is 17.5 Å². The quantitative estimate of drug-likeness (QED) is 0.776. The number of hydrogen-bond donors (Lipinski definition) is 3. The van der Waals surface area contributed by atoms with Crippen molar-refractivity contribution in [3.05, 3.63) is 17.7 Å². The summed E-state index contributed by atoms with van der Waals surface area (Å²) < 4.78 is 10.6. The molecular formula is C15H20N2O5. The highest BCUT2D eigenvalue weighted by Crippen LogP contribution is 2.36. The molecule has 1 aromatic carbocycles. The van der Waals surface area contributed by atoms with Crippen molar-refractivity contribution in [2.24, 2.45) is 0 Å². The number of anilines is 1. The molecule has 0 saturated carbocycles. The summed E-state index contributed by atoms with van der Waals surface area (Å²) in [5, 5.41) is 14.2. The van der Waals surface area contributed by atoms with Crippen LogP contribution in [0.4, 0.5) is 10.5 Å². The summed E-state index contributed by atoms with van der Waals surface area (Å²) >= 11 is 0. The van der Waals surface area contributed by atoms with Gasteiger partial charge < -0.3 is 25.2 Å². The van der Waals surface area contributed by atoms with Crippen molar-refractivity contribution in [2.45, 2.75) is 39.2 Å². The third kappa shape index (κ3) is 4.03. The zero-order chi connectivity index (χ0) is 16.3. The van der Waals surface area contributed by atoms with Crippen LogP contribution in [-0.4, -0.2) is 29.4 Å². The predicted octanol–water partition coefficient (Wildman–Crippen LogP) is 2.49. The standard InChI is InChI=1S/C15H20N2O5/c1-9-6-11-12(22-8-21-11)7-10(9)16-14(20)17-15(2,3)5-4-13(18)19/h6-7H,4-5,8H2,1-3H3,(H,18,19)(H2,16,17,20). The fraction of sp³-hybridized carbons (Fsp3) is 0.467. The molecule has 7 heteroatoms. The van der Waals surface area contributed by atoms with Gasteiger partial charge in [0.15, 0.2) is 11.5 Å². The SMILES string of the molecule is Cc1cc2c(cc1NC(=O)NC(C)(C)CCC(=O)O)OCO2. The van der Waals surface area contributed by atoms with Gasteiger partial charge in [-0.2, -0.15) is 0 Å². The summed E-state index contributed by atoms with van der Waals surface area (Å²) in [6.07, 6.45) is 0.339. The average molecular weight is 308 g/mol. The Hall–Kier alpha value is -2.44. The first-order valence-corrected chi connectivity index (χ1v) is 6.98. The average Bonchev–Trinajstić information content (AvgIpc) is 2.83. The second kappa shape index (κ2) is 6.13. The van der Waals surface area contributed by atoms with Crippen LogP contribution in [0.25, 0.3) is 0 Å². The molecule has 0 bridgehead atoms. The number of rotatable bonds is 5. The second-order valence-corrected chi connectivity index (χ2v) is 5.88. The van der Waals surface area contributed by atoms with Crippen molar-refractivity contribution >= 4 is 17.7 Å². The number of benzene rings is 1. The van der Waals surface area contributed by atoms with E-state index in [1.54, 1.807) is 26.0 Å². The van der Waals surface area contributed by atoms with E-state index in [0.29, 0.717) is 23.6 Å². The molecule has 22 heavy (non-hydrogen) atoms. The van der Waals surface area contributed by atoms with Crippen LogP contribution in [0.15, 0.2) is 12.1 Å². The number of hydrogen-bond acceptors (Lipinski definition) is 4. The Kier molecular flexibility index (Phi) is 4.44. The molecule has 0 spiro atoms. The molecule has 2 amide bonds. The third-order valence-corrected chi connectivity index (χ3v) is 3.38. The Balaban J connectivity index is 1.99. The molecule has 7 nitrogen and oxygen atoms in total. The minimum Gasteiger partial charge on any atom is -0.481 e. The summed E-state index contributed by atoms with van der Waals surface area (Å²) in [4.78, 5) is 22.7. The van der Waals surface area contributed by atoms with Crippen LogP contribution in [0, 0.1) is 6.92 Å². The van der Waals surface area contributed by atoms with Gasteiger partial charge in [0.2, 0.25) is 6.79 Å². The van der Waals surface area contributed by atoms with Crippen LogP contribution < -0.4 is 20.1 Å². The molecule has 0 fully saturated rings. The van der Waals surface area contributed by atoms with E-state index >= 15 is 0 Å². The number of fused-ring (bicyclic) bond motifs is 1. The molecule has 0 atom stereocenters. The highest BCUT2D eigenvalue weighted by molar-refractivity contribution is 5.91. The summed E-state index contributed by atoms with van der Waals surface area (Å²) in [5.74, 6) is 0.359. The number of carboxylic acids is 1.